The molecular weight excluding hydrogens is 677 g/mol. The Morgan fingerprint density at radius 2 is 1.10 bits per heavy atom. The van der Waals surface area contributed by atoms with Gasteiger partial charge in [0.15, 0.2) is 0 Å². The van der Waals surface area contributed by atoms with Crippen LogP contribution in [0.25, 0.3) is 33.6 Å². The third kappa shape index (κ3) is 7.32. The molecule has 4 aliphatic carbocycles. The molecule has 1 radical (unpaired) electrons. The molecule has 2 aromatic heterocycles. The first-order valence-electron chi connectivity index (χ1n) is 13.8. The van der Waals surface area contributed by atoms with Gasteiger partial charge in [-0.05, 0) is 82.6 Å². The fourth-order valence-corrected chi connectivity index (χ4v) is 5.08. The zero-order valence-corrected chi connectivity index (χ0v) is 25.2. The summed E-state index contributed by atoms with van der Waals surface area (Å²) in [6, 6.07) is 48.7. The Kier molecular flexibility index (Phi) is 9.65. The van der Waals surface area contributed by atoms with Gasteiger partial charge < -0.3 is 9.97 Å². The molecule has 2 nitrogen and oxygen atoms in total. The molecule has 203 valence electrons. The Morgan fingerprint density at radius 1 is 0.488 bits per heavy atom. The predicted octanol–water partition coefficient (Wildman–Crippen LogP) is 8.65. The van der Waals surface area contributed by atoms with Crippen molar-refractivity contribution in [2.75, 3.05) is 0 Å². The molecule has 0 N–H and O–H groups in total. The van der Waals surface area contributed by atoms with E-state index in [2.05, 4.69) is 82.8 Å². The summed E-state index contributed by atoms with van der Waals surface area (Å²) >= 11 is 0. The summed E-state index contributed by atoms with van der Waals surface area (Å²) in [5, 5.41) is 0. The summed E-state index contributed by atoms with van der Waals surface area (Å²) < 4.78 is 0. The molecule has 0 saturated heterocycles. The van der Waals surface area contributed by atoms with Gasteiger partial charge in [0.1, 0.15) is 0 Å². The van der Waals surface area contributed by atoms with E-state index in [4.69, 9.17) is 0 Å². The van der Waals surface area contributed by atoms with Gasteiger partial charge in [-0.1, -0.05) is 60.7 Å². The average molecular weight is 707 g/mol. The van der Waals surface area contributed by atoms with Crippen LogP contribution in [0.2, 0.25) is 0 Å². The van der Waals surface area contributed by atoms with Gasteiger partial charge in [0.2, 0.25) is 0 Å². The number of benzene rings is 4. The maximum absolute atomic E-state index is 4.58. The minimum atomic E-state index is 0. The Hall–Kier alpha value is -4.17. The Labute approximate surface area is 256 Å². The smallest absolute Gasteiger partial charge is 0.0166 e. The molecule has 4 aromatic carbocycles. The monoisotopic (exact) mass is 707 g/mol. The number of rotatable bonds is 3. The Bertz CT molecular complexity index is 1630. The number of pyridine rings is 2. The molecule has 2 heterocycles. The number of hydrogen-bond acceptors (Lipinski definition) is 2. The van der Waals surface area contributed by atoms with E-state index >= 15 is 0 Å². The predicted molar refractivity (Wildman–Crippen MR) is 164 cm³/mol. The zero-order chi connectivity index (χ0) is 27.0. The van der Waals surface area contributed by atoms with Crippen LogP contribution in [0.5, 0.6) is 0 Å². The zero-order valence-electron chi connectivity index (χ0n) is 22.8. The summed E-state index contributed by atoms with van der Waals surface area (Å²) in [4.78, 5) is 8.80. The van der Waals surface area contributed by atoms with Gasteiger partial charge in [0.05, 0.1) is 0 Å². The molecule has 0 fully saturated rings. The van der Waals surface area contributed by atoms with E-state index in [-0.39, 0.29) is 20.1 Å². The standard InChI is InChI=1S/C27H22N.C11H8N.Ir/c1-2-4-24(5-3-1)27-19-25(16-17-28-27)26-18-22-11-10-20-6-8-21(9-7-20)12-14-23(26)15-13-22;1-2-6-10(7-3-1)11-8-4-5-9-12-11;/h1-4,6-9,13,15-19H,10-12,14H2;1-6,8-9H;/q2*-1;. The molecule has 0 atom stereocenters. The van der Waals surface area contributed by atoms with Crippen LogP contribution in [-0.2, 0) is 45.8 Å². The first kappa shape index (κ1) is 28.4. The van der Waals surface area contributed by atoms with E-state index in [9.17, 15) is 0 Å². The van der Waals surface area contributed by atoms with Crippen molar-refractivity contribution in [3.05, 3.63) is 168 Å². The maximum Gasteiger partial charge on any atom is 0.0166 e. The molecule has 0 spiro atoms. The van der Waals surface area contributed by atoms with Crippen molar-refractivity contribution < 1.29 is 20.1 Å². The molecule has 0 unspecified atom stereocenters. The van der Waals surface area contributed by atoms with Crippen molar-refractivity contribution in [1.82, 2.24) is 9.97 Å². The van der Waals surface area contributed by atoms with Crippen molar-refractivity contribution in [2.45, 2.75) is 25.7 Å². The van der Waals surface area contributed by atoms with Gasteiger partial charge >= 0.3 is 0 Å². The number of aromatic nitrogens is 2. The molecule has 4 bridgehead atoms. The van der Waals surface area contributed by atoms with Gasteiger partial charge in [0.25, 0.3) is 0 Å². The van der Waals surface area contributed by atoms with Crippen molar-refractivity contribution in [3.8, 4) is 33.6 Å². The minimum Gasteiger partial charge on any atom is -0.305 e. The van der Waals surface area contributed by atoms with Crippen molar-refractivity contribution in [2.24, 2.45) is 0 Å². The minimum absolute atomic E-state index is 0. The first-order valence-corrected chi connectivity index (χ1v) is 13.8. The summed E-state index contributed by atoms with van der Waals surface area (Å²) in [5.41, 5.74) is 12.2. The summed E-state index contributed by atoms with van der Waals surface area (Å²) in [6.07, 6.45) is 7.97. The molecule has 0 amide bonds. The maximum atomic E-state index is 4.58. The molecule has 0 saturated carbocycles. The second kappa shape index (κ2) is 13.9. The van der Waals surface area contributed by atoms with Crippen LogP contribution in [0.4, 0.5) is 0 Å². The quantitative estimate of drug-likeness (QED) is 0.172. The van der Waals surface area contributed by atoms with Gasteiger partial charge in [-0.3, -0.25) is 0 Å². The van der Waals surface area contributed by atoms with Crippen LogP contribution in [0.15, 0.2) is 134 Å². The first-order chi connectivity index (χ1) is 19.8. The molecule has 3 heteroatoms. The van der Waals surface area contributed by atoms with Crippen molar-refractivity contribution in [1.29, 1.82) is 0 Å². The Morgan fingerprint density at radius 3 is 1.76 bits per heavy atom. The molecule has 41 heavy (non-hydrogen) atoms. The fraction of sp³-hybridized carbons (Fsp3) is 0.105. The van der Waals surface area contributed by atoms with E-state index < -0.39 is 0 Å². The van der Waals surface area contributed by atoms with Gasteiger partial charge in [0, 0.05) is 32.5 Å². The van der Waals surface area contributed by atoms with Crippen LogP contribution in [0.3, 0.4) is 0 Å². The second-order valence-corrected chi connectivity index (χ2v) is 10.0. The normalized spacial score (nSPS) is 11.8. The third-order valence-electron chi connectivity index (χ3n) is 7.29. The average Bonchev–Trinajstić information content (AvgIpc) is 3.04. The van der Waals surface area contributed by atoms with Crippen LogP contribution >= 0.6 is 0 Å². The fourth-order valence-electron chi connectivity index (χ4n) is 5.08. The Balaban J connectivity index is 0.000000218. The van der Waals surface area contributed by atoms with E-state index in [1.54, 1.807) is 6.20 Å². The number of aryl methyl sites for hydroxylation is 4. The summed E-state index contributed by atoms with van der Waals surface area (Å²) in [7, 11) is 0. The van der Waals surface area contributed by atoms with Crippen molar-refractivity contribution >= 4 is 0 Å². The van der Waals surface area contributed by atoms with E-state index in [0.29, 0.717) is 0 Å². The topological polar surface area (TPSA) is 25.8 Å². The van der Waals surface area contributed by atoms with Crippen LogP contribution in [-0.4, -0.2) is 9.97 Å². The third-order valence-corrected chi connectivity index (χ3v) is 7.29. The number of hydrogen-bond donors (Lipinski definition) is 0. The molecule has 4 aliphatic rings. The van der Waals surface area contributed by atoms with E-state index in [1.807, 2.05) is 66.9 Å². The summed E-state index contributed by atoms with van der Waals surface area (Å²) in [5.74, 6) is 0. The van der Waals surface area contributed by atoms with Crippen LogP contribution in [0, 0.1) is 12.1 Å². The molecule has 10 rings (SSSR count). The van der Waals surface area contributed by atoms with Crippen molar-refractivity contribution in [3.63, 3.8) is 0 Å². The van der Waals surface area contributed by atoms with E-state index in [1.165, 1.54) is 33.4 Å². The number of nitrogens with zero attached hydrogens (tertiary/aromatic N) is 2. The van der Waals surface area contributed by atoms with Crippen LogP contribution < -0.4 is 0 Å². The van der Waals surface area contributed by atoms with Gasteiger partial charge in [-0.2, -0.15) is 0 Å². The van der Waals surface area contributed by atoms with Crippen LogP contribution in [0.1, 0.15) is 22.3 Å². The van der Waals surface area contributed by atoms with Gasteiger partial charge in [-0.25, -0.2) is 0 Å². The van der Waals surface area contributed by atoms with E-state index in [0.717, 1.165) is 48.2 Å². The molecular formula is C38H30IrN2-2. The SMILES string of the molecule is [Ir].[c-]1ccccc1-c1cc(-c2cc3ccc2CCc2ccc(cc2)CC3)ccn1.[c-]1ccccc1-c1ccccn1. The van der Waals surface area contributed by atoms with Gasteiger partial charge in [-0.15, -0.1) is 71.8 Å². The second-order valence-electron chi connectivity index (χ2n) is 10.0. The molecule has 6 aromatic rings. The molecule has 0 aliphatic heterocycles. The summed E-state index contributed by atoms with van der Waals surface area (Å²) in [6.45, 7) is 0. The largest absolute Gasteiger partial charge is 0.305 e.